The van der Waals surface area contributed by atoms with Gasteiger partial charge in [0.1, 0.15) is 11.5 Å². The van der Waals surface area contributed by atoms with Crippen molar-refractivity contribution in [2.24, 2.45) is 11.4 Å². The molecule has 1 aliphatic heterocycles. The van der Waals surface area contributed by atoms with Crippen molar-refractivity contribution in [2.45, 2.75) is 6.92 Å². The Morgan fingerprint density at radius 3 is 2.66 bits per heavy atom. The first-order valence-electron chi connectivity index (χ1n) is 9.21. The summed E-state index contributed by atoms with van der Waals surface area (Å²) in [6.07, 6.45) is 3.27. The lowest BCUT2D eigenvalue weighted by atomic mass is 10.1. The fourth-order valence-corrected chi connectivity index (χ4v) is 5.16. The van der Waals surface area contributed by atoms with Gasteiger partial charge < -0.3 is 5.32 Å². The number of amides is 1. The Bertz CT molecular complexity index is 1410. The number of aryl methyl sites for hydroxylation is 2. The summed E-state index contributed by atoms with van der Waals surface area (Å²) in [6, 6.07) is 5.48. The van der Waals surface area contributed by atoms with Gasteiger partial charge in [0.15, 0.2) is 0 Å². The van der Waals surface area contributed by atoms with Gasteiger partial charge in [0, 0.05) is 31.5 Å². The van der Waals surface area contributed by atoms with Crippen LogP contribution < -0.4 is 5.32 Å². The number of benzene rings is 1. The molecule has 0 atom stereocenters. The second kappa shape index (κ2) is 8.15. The van der Waals surface area contributed by atoms with Gasteiger partial charge in [0.2, 0.25) is 0 Å². The second-order valence-corrected chi connectivity index (χ2v) is 9.98. The van der Waals surface area contributed by atoms with Gasteiger partial charge in [0.25, 0.3) is 5.91 Å². The predicted molar refractivity (Wildman–Crippen MR) is 123 cm³/mol. The van der Waals surface area contributed by atoms with Crippen LogP contribution in [0.3, 0.4) is 0 Å². The SMILES string of the molecule is Cc1nn(C)cc1-c1csc(C2=NS(=O)(=O)N(C)C(C(=O)Nc3ccc(F)c(Cl)c3)=C2)c1. The predicted octanol–water partition coefficient (Wildman–Crippen LogP) is 3.75. The first kappa shape index (κ1) is 22.2. The second-order valence-electron chi connectivity index (χ2n) is 7.04. The van der Waals surface area contributed by atoms with Gasteiger partial charge in [0.05, 0.1) is 21.3 Å². The monoisotopic (exact) mass is 493 g/mol. The third kappa shape index (κ3) is 4.18. The fraction of sp³-hybridized carbons (Fsp3) is 0.150. The maximum atomic E-state index is 13.4. The lowest BCUT2D eigenvalue weighted by molar-refractivity contribution is -0.113. The summed E-state index contributed by atoms with van der Waals surface area (Å²) in [6.45, 7) is 1.88. The van der Waals surface area contributed by atoms with E-state index < -0.39 is 21.9 Å². The number of carbonyl (C=O) groups excluding carboxylic acids is 1. The van der Waals surface area contributed by atoms with Crippen molar-refractivity contribution in [1.29, 1.82) is 0 Å². The fourth-order valence-electron chi connectivity index (χ4n) is 3.15. The normalized spacial score (nSPS) is 15.3. The molecule has 12 heteroatoms. The molecule has 1 N–H and O–H groups in total. The molecule has 32 heavy (non-hydrogen) atoms. The summed E-state index contributed by atoms with van der Waals surface area (Å²) >= 11 is 7.06. The van der Waals surface area contributed by atoms with Crippen LogP contribution in [0, 0.1) is 12.7 Å². The van der Waals surface area contributed by atoms with E-state index in [-0.39, 0.29) is 22.1 Å². The molecule has 0 saturated heterocycles. The molecule has 0 radical (unpaired) electrons. The lowest BCUT2D eigenvalue weighted by Crippen LogP contribution is -2.35. The Hall–Kier alpha value is -3.02. The van der Waals surface area contributed by atoms with Crippen LogP contribution in [0.4, 0.5) is 10.1 Å². The van der Waals surface area contributed by atoms with E-state index in [4.69, 9.17) is 11.6 Å². The van der Waals surface area contributed by atoms with Crippen molar-refractivity contribution >= 4 is 50.5 Å². The standard InChI is InChI=1S/C20H17ClFN5O3S2/c1-11-14(9-26(2)24-11)12-6-19(31-10-12)17-8-18(27(3)32(29,30)25-17)20(28)23-13-4-5-16(22)15(21)7-13/h4-10H,1-3H3,(H,23,28). The van der Waals surface area contributed by atoms with Gasteiger partial charge in [-0.3, -0.25) is 9.48 Å². The summed E-state index contributed by atoms with van der Waals surface area (Å²) < 4.78 is 44.9. The molecule has 0 fully saturated rings. The van der Waals surface area contributed by atoms with Crippen molar-refractivity contribution < 1.29 is 17.6 Å². The smallest absolute Gasteiger partial charge is 0.321 e. The number of aromatic nitrogens is 2. The van der Waals surface area contributed by atoms with Gasteiger partial charge in [-0.1, -0.05) is 11.6 Å². The number of carbonyl (C=O) groups is 1. The number of allylic oxidation sites excluding steroid dienone is 1. The molecule has 2 aromatic heterocycles. The molecule has 0 unspecified atom stereocenters. The van der Waals surface area contributed by atoms with E-state index in [0.717, 1.165) is 27.2 Å². The van der Waals surface area contributed by atoms with E-state index in [1.165, 1.54) is 36.6 Å². The number of nitrogens with one attached hydrogen (secondary N) is 1. The zero-order valence-electron chi connectivity index (χ0n) is 17.1. The maximum Gasteiger partial charge on any atom is 0.345 e. The van der Waals surface area contributed by atoms with Crippen LogP contribution >= 0.6 is 22.9 Å². The molecule has 0 spiro atoms. The number of hydrogen-bond acceptors (Lipinski definition) is 5. The Morgan fingerprint density at radius 2 is 2.00 bits per heavy atom. The van der Waals surface area contributed by atoms with Crippen molar-refractivity contribution in [2.75, 3.05) is 12.4 Å². The lowest BCUT2D eigenvalue weighted by Gasteiger charge is -2.23. The quantitative estimate of drug-likeness (QED) is 0.598. The molecule has 0 saturated carbocycles. The molecular weight excluding hydrogens is 477 g/mol. The van der Waals surface area contributed by atoms with Gasteiger partial charge in [-0.2, -0.15) is 13.5 Å². The summed E-state index contributed by atoms with van der Waals surface area (Å²) in [5, 5.41) is 8.56. The van der Waals surface area contributed by atoms with Gasteiger partial charge in [-0.05, 0) is 48.2 Å². The topological polar surface area (TPSA) is 96.7 Å². The number of likely N-dealkylation sites (N-methyl/N-ethyl adjacent to an activating group) is 1. The number of nitrogens with zero attached hydrogens (tertiary/aromatic N) is 4. The molecule has 3 aromatic rings. The third-order valence-corrected chi connectivity index (χ3v) is 7.32. The number of halogens is 2. The largest absolute Gasteiger partial charge is 0.345 e. The highest BCUT2D eigenvalue weighted by Crippen LogP contribution is 2.30. The van der Waals surface area contributed by atoms with E-state index >= 15 is 0 Å². The summed E-state index contributed by atoms with van der Waals surface area (Å²) in [5.41, 5.74) is 2.86. The Morgan fingerprint density at radius 1 is 1.25 bits per heavy atom. The average molecular weight is 494 g/mol. The first-order valence-corrected chi connectivity index (χ1v) is 11.9. The third-order valence-electron chi connectivity index (χ3n) is 4.76. The zero-order chi connectivity index (χ0) is 23.2. The first-order chi connectivity index (χ1) is 15.0. The Labute approximate surface area is 192 Å². The van der Waals surface area contributed by atoms with E-state index in [0.29, 0.717) is 4.88 Å². The molecule has 1 amide bonds. The minimum absolute atomic E-state index is 0.136. The van der Waals surface area contributed by atoms with E-state index in [1.807, 2.05) is 25.5 Å². The molecule has 166 valence electrons. The average Bonchev–Trinajstić information content (AvgIpc) is 3.32. The molecule has 0 aliphatic carbocycles. The van der Waals surface area contributed by atoms with Crippen molar-refractivity contribution in [1.82, 2.24) is 14.1 Å². The van der Waals surface area contributed by atoms with E-state index in [1.54, 1.807) is 10.7 Å². The van der Waals surface area contributed by atoms with E-state index in [9.17, 15) is 17.6 Å². The minimum atomic E-state index is -4.12. The minimum Gasteiger partial charge on any atom is -0.321 e. The number of anilines is 1. The maximum absolute atomic E-state index is 13.4. The summed E-state index contributed by atoms with van der Waals surface area (Å²) in [7, 11) is -1.07. The summed E-state index contributed by atoms with van der Waals surface area (Å²) in [4.78, 5) is 13.4. The van der Waals surface area contributed by atoms with Crippen LogP contribution in [0.25, 0.3) is 11.1 Å². The molecule has 0 bridgehead atoms. The van der Waals surface area contributed by atoms with Crippen LogP contribution in [0.1, 0.15) is 10.6 Å². The Kier molecular flexibility index (Phi) is 5.65. The van der Waals surface area contributed by atoms with Crippen molar-refractivity contribution in [3.05, 3.63) is 69.0 Å². The van der Waals surface area contributed by atoms with Gasteiger partial charge in [-0.15, -0.1) is 15.7 Å². The van der Waals surface area contributed by atoms with Crippen LogP contribution in [0.5, 0.6) is 0 Å². The molecule has 4 rings (SSSR count). The highest BCUT2D eigenvalue weighted by atomic mass is 35.5. The molecule has 3 heterocycles. The molecule has 1 aromatic carbocycles. The number of hydrogen-bond donors (Lipinski definition) is 1. The number of rotatable bonds is 4. The van der Waals surface area contributed by atoms with Crippen LogP contribution in [-0.2, 0) is 22.1 Å². The molecule has 1 aliphatic rings. The van der Waals surface area contributed by atoms with Gasteiger partial charge in [-0.25, -0.2) is 8.70 Å². The van der Waals surface area contributed by atoms with Crippen molar-refractivity contribution in [3.8, 4) is 11.1 Å². The number of thiophene rings is 1. The Balaban J connectivity index is 1.68. The zero-order valence-corrected chi connectivity index (χ0v) is 19.5. The molecule has 8 nitrogen and oxygen atoms in total. The van der Waals surface area contributed by atoms with E-state index in [2.05, 4.69) is 14.8 Å². The van der Waals surface area contributed by atoms with Gasteiger partial charge >= 0.3 is 10.2 Å². The molecular formula is C20H17ClFN5O3S2. The summed E-state index contributed by atoms with van der Waals surface area (Å²) in [5.74, 6) is -1.33. The highest BCUT2D eigenvalue weighted by Gasteiger charge is 2.30. The van der Waals surface area contributed by atoms with Crippen molar-refractivity contribution in [3.63, 3.8) is 0 Å². The van der Waals surface area contributed by atoms with Crippen LogP contribution in [0.2, 0.25) is 5.02 Å². The van der Waals surface area contributed by atoms with Crippen LogP contribution in [-0.4, -0.2) is 41.2 Å². The highest BCUT2D eigenvalue weighted by molar-refractivity contribution is 7.88. The van der Waals surface area contributed by atoms with Crippen LogP contribution in [0.15, 0.2) is 52.0 Å².